The maximum atomic E-state index is 12.0. The Hall–Kier alpha value is -2.62. The third kappa shape index (κ3) is 2.79. The highest BCUT2D eigenvalue weighted by atomic mass is 16.5. The van der Waals surface area contributed by atoms with Crippen molar-refractivity contribution in [2.24, 2.45) is 0 Å². The molecule has 2 aromatic heterocycles. The number of ether oxygens (including phenoxy) is 1. The molecule has 0 bridgehead atoms. The number of carbonyl (C=O) groups excluding carboxylic acids is 1. The van der Waals surface area contributed by atoms with Gasteiger partial charge in [-0.15, -0.1) is 0 Å². The largest absolute Gasteiger partial charge is 0.462 e. The van der Waals surface area contributed by atoms with E-state index in [1.807, 2.05) is 48.9 Å². The molecule has 4 nitrogen and oxygen atoms in total. The summed E-state index contributed by atoms with van der Waals surface area (Å²) in [6.07, 6.45) is 5.85. The first kappa shape index (κ1) is 13.4. The maximum absolute atomic E-state index is 12.0. The zero-order valence-electron chi connectivity index (χ0n) is 11.8. The Kier molecular flexibility index (Phi) is 3.69. The van der Waals surface area contributed by atoms with E-state index in [1.165, 1.54) is 0 Å². The Labute approximate surface area is 123 Å². The predicted octanol–water partition coefficient (Wildman–Crippen LogP) is 3.26. The second-order valence-electron chi connectivity index (χ2n) is 4.79. The highest BCUT2D eigenvalue weighted by molar-refractivity contribution is 6.03. The molecule has 0 amide bonds. The van der Waals surface area contributed by atoms with Gasteiger partial charge in [0, 0.05) is 30.5 Å². The summed E-state index contributed by atoms with van der Waals surface area (Å²) >= 11 is 0. The van der Waals surface area contributed by atoms with Gasteiger partial charge < -0.3 is 9.30 Å². The van der Waals surface area contributed by atoms with E-state index in [0.717, 1.165) is 23.0 Å². The first-order valence-electron chi connectivity index (χ1n) is 6.93. The normalized spacial score (nSPS) is 10.7. The number of esters is 1. The quantitative estimate of drug-likeness (QED) is 0.689. The molecule has 0 fully saturated rings. The predicted molar refractivity (Wildman–Crippen MR) is 81.2 cm³/mol. The van der Waals surface area contributed by atoms with E-state index in [4.69, 9.17) is 4.74 Å². The molecule has 21 heavy (non-hydrogen) atoms. The summed E-state index contributed by atoms with van der Waals surface area (Å²) in [6.45, 7) is 2.90. The average molecular weight is 280 g/mol. The summed E-state index contributed by atoms with van der Waals surface area (Å²) in [7, 11) is 0. The van der Waals surface area contributed by atoms with Crippen molar-refractivity contribution in [3.05, 3.63) is 66.1 Å². The highest BCUT2D eigenvalue weighted by Gasteiger charge is 2.11. The van der Waals surface area contributed by atoms with Gasteiger partial charge in [0.25, 0.3) is 0 Å². The van der Waals surface area contributed by atoms with Gasteiger partial charge in [0.05, 0.1) is 17.7 Å². The van der Waals surface area contributed by atoms with E-state index < -0.39 is 0 Å². The number of hydrogen-bond acceptors (Lipinski definition) is 3. The molecule has 0 saturated carbocycles. The minimum atomic E-state index is -0.303. The van der Waals surface area contributed by atoms with E-state index in [1.54, 1.807) is 13.0 Å². The van der Waals surface area contributed by atoms with Crippen LogP contribution >= 0.6 is 0 Å². The molecule has 3 aromatic rings. The fourth-order valence-corrected chi connectivity index (χ4v) is 2.35. The van der Waals surface area contributed by atoms with Crippen LogP contribution in [0.25, 0.3) is 10.9 Å². The first-order chi connectivity index (χ1) is 10.3. The van der Waals surface area contributed by atoms with Crippen LogP contribution in [0.5, 0.6) is 0 Å². The number of nitrogens with zero attached hydrogens (tertiary/aromatic N) is 2. The molecule has 0 radical (unpaired) electrons. The van der Waals surface area contributed by atoms with Gasteiger partial charge in [-0.25, -0.2) is 4.79 Å². The molecule has 0 N–H and O–H groups in total. The van der Waals surface area contributed by atoms with Crippen LogP contribution in [0.1, 0.15) is 22.8 Å². The number of rotatable bonds is 4. The minimum Gasteiger partial charge on any atom is -0.462 e. The second-order valence-corrected chi connectivity index (χ2v) is 4.79. The fraction of sp³-hybridized carbons (Fsp3) is 0.176. The molecule has 0 saturated heterocycles. The monoisotopic (exact) mass is 280 g/mol. The fourth-order valence-electron chi connectivity index (χ4n) is 2.35. The van der Waals surface area contributed by atoms with E-state index in [2.05, 4.69) is 9.55 Å². The molecule has 0 spiro atoms. The number of aromatic nitrogens is 2. The second kappa shape index (κ2) is 5.79. The first-order valence-corrected chi connectivity index (χ1v) is 6.93. The lowest BCUT2D eigenvalue weighted by Crippen LogP contribution is -2.06. The molecule has 0 aliphatic rings. The van der Waals surface area contributed by atoms with Crippen molar-refractivity contribution in [2.75, 3.05) is 6.61 Å². The molecule has 3 rings (SSSR count). The molecular formula is C17H16N2O2. The van der Waals surface area contributed by atoms with Crippen LogP contribution in [-0.4, -0.2) is 22.1 Å². The Bertz CT molecular complexity index is 764. The van der Waals surface area contributed by atoms with Crippen LogP contribution in [0.2, 0.25) is 0 Å². The molecular weight excluding hydrogens is 264 g/mol. The van der Waals surface area contributed by atoms with Crippen LogP contribution in [0, 0.1) is 0 Å². The van der Waals surface area contributed by atoms with E-state index in [9.17, 15) is 4.79 Å². The van der Waals surface area contributed by atoms with Crippen LogP contribution in [0.15, 0.2) is 55.0 Å². The topological polar surface area (TPSA) is 44.1 Å². The van der Waals surface area contributed by atoms with Crippen molar-refractivity contribution >= 4 is 16.9 Å². The van der Waals surface area contributed by atoms with Gasteiger partial charge in [-0.1, -0.05) is 6.07 Å². The molecule has 106 valence electrons. The SMILES string of the molecule is CCOC(=O)c1cccc2ncc(Cn3cccc3)cc12. The summed E-state index contributed by atoms with van der Waals surface area (Å²) in [5, 5.41) is 0.834. The molecule has 0 aliphatic heterocycles. The maximum Gasteiger partial charge on any atom is 0.338 e. The number of carbonyl (C=O) groups is 1. The van der Waals surface area contributed by atoms with Crippen molar-refractivity contribution < 1.29 is 9.53 Å². The van der Waals surface area contributed by atoms with Crippen molar-refractivity contribution in [1.29, 1.82) is 0 Å². The molecule has 0 atom stereocenters. The Balaban J connectivity index is 2.02. The van der Waals surface area contributed by atoms with Crippen molar-refractivity contribution in [2.45, 2.75) is 13.5 Å². The Morgan fingerprint density at radius 1 is 1.24 bits per heavy atom. The number of benzene rings is 1. The van der Waals surface area contributed by atoms with Crippen LogP contribution in [0.4, 0.5) is 0 Å². The molecule has 1 aromatic carbocycles. The van der Waals surface area contributed by atoms with E-state index in [-0.39, 0.29) is 5.97 Å². The highest BCUT2D eigenvalue weighted by Crippen LogP contribution is 2.20. The van der Waals surface area contributed by atoms with Crippen LogP contribution in [0.3, 0.4) is 0 Å². The summed E-state index contributed by atoms with van der Waals surface area (Å²) < 4.78 is 7.18. The minimum absolute atomic E-state index is 0.303. The summed E-state index contributed by atoms with van der Waals surface area (Å²) in [5.41, 5.74) is 2.42. The van der Waals surface area contributed by atoms with Crippen molar-refractivity contribution in [1.82, 2.24) is 9.55 Å². The summed E-state index contributed by atoms with van der Waals surface area (Å²) in [5.74, 6) is -0.303. The van der Waals surface area contributed by atoms with Gasteiger partial charge in [0.2, 0.25) is 0 Å². The van der Waals surface area contributed by atoms with Gasteiger partial charge >= 0.3 is 5.97 Å². The average Bonchev–Trinajstić information content (AvgIpc) is 3.00. The zero-order chi connectivity index (χ0) is 14.7. The molecule has 2 heterocycles. The van der Waals surface area contributed by atoms with Crippen LogP contribution in [-0.2, 0) is 11.3 Å². The van der Waals surface area contributed by atoms with Gasteiger partial charge in [-0.2, -0.15) is 0 Å². The molecule has 0 unspecified atom stereocenters. The van der Waals surface area contributed by atoms with Gasteiger partial charge in [0.15, 0.2) is 0 Å². The third-order valence-corrected chi connectivity index (χ3v) is 3.31. The van der Waals surface area contributed by atoms with E-state index in [0.29, 0.717) is 12.2 Å². The Morgan fingerprint density at radius 3 is 2.81 bits per heavy atom. The summed E-state index contributed by atoms with van der Waals surface area (Å²) in [4.78, 5) is 16.5. The number of pyridine rings is 1. The molecule has 0 aliphatic carbocycles. The third-order valence-electron chi connectivity index (χ3n) is 3.31. The van der Waals surface area contributed by atoms with E-state index >= 15 is 0 Å². The van der Waals surface area contributed by atoms with Crippen LogP contribution < -0.4 is 0 Å². The number of fused-ring (bicyclic) bond motifs is 1. The van der Waals surface area contributed by atoms with Gasteiger partial charge in [-0.05, 0) is 42.8 Å². The lowest BCUT2D eigenvalue weighted by molar-refractivity contribution is 0.0528. The lowest BCUT2D eigenvalue weighted by atomic mass is 10.1. The Morgan fingerprint density at radius 2 is 2.05 bits per heavy atom. The number of hydrogen-bond donors (Lipinski definition) is 0. The van der Waals surface area contributed by atoms with Gasteiger partial charge in [-0.3, -0.25) is 4.98 Å². The van der Waals surface area contributed by atoms with Crippen molar-refractivity contribution in [3.63, 3.8) is 0 Å². The standard InChI is InChI=1S/C17H16N2O2/c1-2-21-17(20)14-6-5-7-16-15(14)10-13(11-18-16)12-19-8-3-4-9-19/h3-11H,2,12H2,1H3. The summed E-state index contributed by atoms with van der Waals surface area (Å²) in [6, 6.07) is 11.5. The lowest BCUT2D eigenvalue weighted by Gasteiger charge is -2.08. The van der Waals surface area contributed by atoms with Gasteiger partial charge in [0.1, 0.15) is 0 Å². The molecule has 4 heteroatoms. The van der Waals surface area contributed by atoms with Crippen molar-refractivity contribution in [3.8, 4) is 0 Å². The zero-order valence-corrected chi connectivity index (χ0v) is 11.8. The smallest absolute Gasteiger partial charge is 0.338 e.